The van der Waals surface area contributed by atoms with Crippen LogP contribution in [0, 0.1) is 0 Å². The molecule has 3 nitrogen and oxygen atoms in total. The van der Waals surface area contributed by atoms with E-state index >= 15 is 0 Å². The summed E-state index contributed by atoms with van der Waals surface area (Å²) in [7, 11) is 0. The van der Waals surface area contributed by atoms with Crippen molar-refractivity contribution in [3.8, 4) is 61.3 Å². The Bertz CT molecular complexity index is 4820. The van der Waals surface area contributed by atoms with Gasteiger partial charge in [-0.05, 0) is 156 Å². The van der Waals surface area contributed by atoms with Crippen LogP contribution in [-0.4, -0.2) is 4.57 Å². The molecule has 0 amide bonds. The second-order valence-electron chi connectivity index (χ2n) is 23.2. The molecule has 3 heteroatoms. The highest BCUT2D eigenvalue weighted by Crippen LogP contribution is 2.52. The van der Waals surface area contributed by atoms with Crippen LogP contribution in [0.15, 0.2) is 322 Å². The number of aromatic nitrogens is 1. The second-order valence-corrected chi connectivity index (χ2v) is 23.2. The summed E-state index contributed by atoms with van der Waals surface area (Å²) < 4.78 is 2.52. The third-order valence-electron chi connectivity index (χ3n) is 17.9. The fourth-order valence-corrected chi connectivity index (χ4v) is 13.8. The minimum absolute atomic E-state index is 0.312. The van der Waals surface area contributed by atoms with Gasteiger partial charge in [0.15, 0.2) is 0 Å². The van der Waals surface area contributed by atoms with Gasteiger partial charge in [-0.25, -0.2) is 0 Å². The number of fused-ring (bicyclic) bond motifs is 7. The minimum atomic E-state index is -0.312. The predicted octanol–water partition coefficient (Wildman–Crippen LogP) is 23.0. The number of benzene rings is 14. The molecule has 1 aliphatic heterocycles. The van der Waals surface area contributed by atoms with Crippen molar-refractivity contribution in [3.63, 3.8) is 0 Å². The fraction of sp³-hybridized carbons (Fsp3) is 0.0361. The van der Waals surface area contributed by atoms with Gasteiger partial charge in [0.2, 0.25) is 0 Å². The molecule has 2 heterocycles. The summed E-state index contributed by atoms with van der Waals surface area (Å²) in [6.07, 6.45) is 0. The Labute approximate surface area is 502 Å². The van der Waals surface area contributed by atoms with E-state index in [1.165, 1.54) is 82.8 Å². The number of anilines is 6. The third kappa shape index (κ3) is 8.50. The first-order valence-corrected chi connectivity index (χ1v) is 29.8. The van der Waals surface area contributed by atoms with E-state index in [-0.39, 0.29) is 5.41 Å². The zero-order valence-electron chi connectivity index (χ0n) is 47.9. The molecule has 0 bridgehead atoms. The summed E-state index contributed by atoms with van der Waals surface area (Å²) >= 11 is 0. The molecule has 0 radical (unpaired) electrons. The molecule has 0 atom stereocenters. The molecule has 0 N–H and O–H groups in total. The van der Waals surface area contributed by atoms with Gasteiger partial charge in [0, 0.05) is 49.7 Å². The molecule has 406 valence electrons. The molecule has 0 saturated heterocycles. The van der Waals surface area contributed by atoms with Gasteiger partial charge < -0.3 is 14.4 Å². The first kappa shape index (κ1) is 50.7. The van der Waals surface area contributed by atoms with Crippen LogP contribution in [0.5, 0.6) is 0 Å². The topological polar surface area (TPSA) is 11.4 Å². The zero-order valence-corrected chi connectivity index (χ0v) is 47.9. The normalized spacial score (nSPS) is 12.4. The largest absolute Gasteiger partial charge is 0.310 e. The van der Waals surface area contributed by atoms with Crippen molar-refractivity contribution in [2.45, 2.75) is 19.3 Å². The van der Waals surface area contributed by atoms with Gasteiger partial charge in [-0.3, -0.25) is 0 Å². The number of rotatable bonds is 11. The average molecular weight is 1100 g/mol. The van der Waals surface area contributed by atoms with Crippen LogP contribution in [-0.2, 0) is 5.41 Å². The van der Waals surface area contributed by atoms with Crippen molar-refractivity contribution in [3.05, 3.63) is 333 Å². The Morgan fingerprint density at radius 1 is 0.256 bits per heavy atom. The summed E-state index contributed by atoms with van der Waals surface area (Å²) in [6.45, 7) is 4.81. The first-order chi connectivity index (χ1) is 42.4. The highest BCUT2D eigenvalue weighted by Gasteiger charge is 2.36. The minimum Gasteiger partial charge on any atom is -0.310 e. The highest BCUT2D eigenvalue weighted by atomic mass is 15.2. The van der Waals surface area contributed by atoms with Crippen LogP contribution in [0.25, 0.3) is 105 Å². The van der Waals surface area contributed by atoms with Gasteiger partial charge in [-0.2, -0.15) is 0 Å². The van der Waals surface area contributed by atoms with Crippen LogP contribution in [0.1, 0.15) is 25.0 Å². The van der Waals surface area contributed by atoms with Crippen LogP contribution in [0.4, 0.5) is 34.1 Å². The smallest absolute Gasteiger partial charge is 0.0582 e. The third-order valence-corrected chi connectivity index (χ3v) is 17.9. The Balaban J connectivity index is 1.01. The molecule has 0 spiro atoms. The van der Waals surface area contributed by atoms with Crippen molar-refractivity contribution in [2.75, 3.05) is 9.80 Å². The quantitative estimate of drug-likeness (QED) is 0.128. The summed E-state index contributed by atoms with van der Waals surface area (Å²) in [5.74, 6) is 0. The van der Waals surface area contributed by atoms with Crippen LogP contribution in [0.3, 0.4) is 0 Å². The molecule has 14 aromatic carbocycles. The molecule has 0 saturated carbocycles. The molecule has 1 aliphatic rings. The van der Waals surface area contributed by atoms with E-state index in [2.05, 4.69) is 350 Å². The highest BCUT2D eigenvalue weighted by molar-refractivity contribution is 6.14. The molecule has 86 heavy (non-hydrogen) atoms. The van der Waals surface area contributed by atoms with E-state index in [0.717, 1.165) is 67.2 Å². The van der Waals surface area contributed by atoms with Crippen molar-refractivity contribution in [2.24, 2.45) is 0 Å². The predicted molar refractivity (Wildman–Crippen MR) is 364 cm³/mol. The summed E-state index contributed by atoms with van der Waals surface area (Å²) in [5, 5.41) is 7.17. The Kier molecular flexibility index (Phi) is 12.2. The summed E-state index contributed by atoms with van der Waals surface area (Å²) in [6, 6.07) is 119. The second kappa shape index (κ2) is 20.7. The summed E-state index contributed by atoms with van der Waals surface area (Å²) in [5.41, 5.74) is 24.0. The van der Waals surface area contributed by atoms with Gasteiger partial charge in [0.1, 0.15) is 0 Å². The van der Waals surface area contributed by atoms with Crippen molar-refractivity contribution in [1.82, 2.24) is 4.57 Å². The van der Waals surface area contributed by atoms with E-state index in [0.29, 0.717) is 0 Å². The Hall–Kier alpha value is -11.0. The van der Waals surface area contributed by atoms with Crippen molar-refractivity contribution >= 4 is 77.5 Å². The Morgan fingerprint density at radius 3 is 1.15 bits per heavy atom. The molecule has 15 aromatic rings. The maximum Gasteiger partial charge on any atom is 0.0582 e. The molecular weight excluding hydrogens is 1040 g/mol. The monoisotopic (exact) mass is 1100 g/mol. The SMILES string of the molecule is CC1(C)c2ccccc2-n2c3ccccc3c3cc(-c4cc(N(c5ccc(-c6ccccc6)cc5)c5ccc(-c6ccccc6)c6ccccc56)cc(N(c5ccc(-c6ccccc6)cc5)c5ccc(-c6ccccc6)c6ccccc56)c4)cc1c32. The molecule has 16 rings (SSSR count). The maximum atomic E-state index is 2.52. The van der Waals surface area contributed by atoms with Crippen LogP contribution in [0.2, 0.25) is 0 Å². The Morgan fingerprint density at radius 2 is 0.651 bits per heavy atom. The van der Waals surface area contributed by atoms with Crippen LogP contribution < -0.4 is 9.80 Å². The van der Waals surface area contributed by atoms with Gasteiger partial charge in [0.25, 0.3) is 0 Å². The van der Waals surface area contributed by atoms with Gasteiger partial charge in [0.05, 0.1) is 28.1 Å². The molecule has 0 unspecified atom stereocenters. The lowest BCUT2D eigenvalue weighted by Gasteiger charge is -2.35. The maximum absolute atomic E-state index is 2.52. The van der Waals surface area contributed by atoms with E-state index in [1.54, 1.807) is 0 Å². The number of para-hydroxylation sites is 2. The van der Waals surface area contributed by atoms with Gasteiger partial charge in [-0.1, -0.05) is 257 Å². The molecule has 0 aliphatic carbocycles. The van der Waals surface area contributed by atoms with Crippen LogP contribution >= 0.6 is 0 Å². The van der Waals surface area contributed by atoms with Gasteiger partial charge >= 0.3 is 0 Å². The van der Waals surface area contributed by atoms with E-state index in [4.69, 9.17) is 0 Å². The molecular formula is C83H59N3. The van der Waals surface area contributed by atoms with E-state index < -0.39 is 0 Å². The van der Waals surface area contributed by atoms with Crippen molar-refractivity contribution < 1.29 is 0 Å². The number of nitrogens with zero attached hydrogens (tertiary/aromatic N) is 3. The summed E-state index contributed by atoms with van der Waals surface area (Å²) in [4.78, 5) is 5.00. The van der Waals surface area contributed by atoms with Crippen molar-refractivity contribution in [1.29, 1.82) is 0 Å². The number of hydrogen-bond donors (Lipinski definition) is 0. The standard InChI is InChI=1S/C83H59N3/c1-83(2)76-36-20-22-38-81(76)86-78-37-21-19-35-74(78)75-53-63(54-77(83)82(75)86)62-51-66(84(64-43-39-58(40-44-64)56-23-7-3-8-24-56)79-49-47-68(60-27-11-5-12-28-60)70-31-15-17-33-72(70)79)55-67(52-62)85(65-45-41-59(42-46-65)57-25-9-4-10-26-57)80-50-48-69(61-29-13-6-14-30-61)71-32-16-18-34-73(71)80/h3-55H,1-2H3. The lowest BCUT2D eigenvalue weighted by Crippen LogP contribution is -2.26. The van der Waals surface area contributed by atoms with E-state index in [1.807, 2.05) is 0 Å². The lowest BCUT2D eigenvalue weighted by atomic mass is 9.74. The average Bonchev–Trinajstić information content (AvgIpc) is 1.50. The zero-order chi connectivity index (χ0) is 57.3. The number of hydrogen-bond acceptors (Lipinski definition) is 2. The molecule has 0 fully saturated rings. The van der Waals surface area contributed by atoms with E-state index in [9.17, 15) is 0 Å². The lowest BCUT2D eigenvalue weighted by molar-refractivity contribution is 0.630. The fourth-order valence-electron chi connectivity index (χ4n) is 13.8. The molecule has 1 aromatic heterocycles. The van der Waals surface area contributed by atoms with Gasteiger partial charge in [-0.15, -0.1) is 0 Å². The first-order valence-electron chi connectivity index (χ1n) is 29.8.